The van der Waals surface area contributed by atoms with Crippen LogP contribution in [0.2, 0.25) is 0 Å². The lowest BCUT2D eigenvalue weighted by molar-refractivity contribution is 0.311. The minimum absolute atomic E-state index is 0.0521. The molecule has 0 amide bonds. The first-order valence-electron chi connectivity index (χ1n) is 3.43. The molecule has 1 aromatic carbocycles. The third-order valence-corrected chi connectivity index (χ3v) is 1.27. The van der Waals surface area contributed by atoms with E-state index in [1.807, 2.05) is 0 Å². The van der Waals surface area contributed by atoms with Gasteiger partial charge in [-0.1, -0.05) is 6.07 Å². The Labute approximate surface area is 64.7 Å². The Morgan fingerprint density at radius 3 is 2.91 bits per heavy atom. The second-order valence-corrected chi connectivity index (χ2v) is 2.16. The smallest absolute Gasteiger partial charge is 0.125 e. The fourth-order valence-corrected chi connectivity index (χ4v) is 0.799. The minimum atomic E-state index is -0.270. The maximum atomic E-state index is 12.5. The third-order valence-electron chi connectivity index (χ3n) is 1.27. The van der Waals surface area contributed by atoms with Gasteiger partial charge in [-0.15, -0.1) is 0 Å². The fraction of sp³-hybridized carbons (Fsp3) is 0.250. The Bertz CT molecular complexity index is 227. The maximum Gasteiger partial charge on any atom is 0.125 e. The number of aliphatic hydroxyl groups excluding tert-OH is 1. The van der Waals surface area contributed by atoms with Gasteiger partial charge in [-0.25, -0.2) is 4.39 Å². The molecule has 0 radical (unpaired) electrons. The van der Waals surface area contributed by atoms with Crippen LogP contribution in [0.1, 0.15) is 0 Å². The Balaban J connectivity index is 2.56. The summed E-state index contributed by atoms with van der Waals surface area (Å²) < 4.78 is 12.5. The monoisotopic (exact) mass is 155 g/mol. The number of halogens is 1. The Hall–Kier alpha value is -1.09. The molecule has 0 aliphatic heterocycles. The Morgan fingerprint density at radius 2 is 2.27 bits per heavy atom. The molecule has 0 saturated carbocycles. The van der Waals surface area contributed by atoms with Crippen molar-refractivity contribution in [3.8, 4) is 0 Å². The van der Waals surface area contributed by atoms with Crippen LogP contribution in [-0.2, 0) is 0 Å². The van der Waals surface area contributed by atoms with Crippen molar-refractivity contribution < 1.29 is 9.50 Å². The van der Waals surface area contributed by atoms with E-state index in [1.54, 1.807) is 12.1 Å². The molecule has 0 fully saturated rings. The van der Waals surface area contributed by atoms with Crippen molar-refractivity contribution in [1.82, 2.24) is 0 Å². The van der Waals surface area contributed by atoms with E-state index >= 15 is 0 Å². The molecular weight excluding hydrogens is 145 g/mol. The van der Waals surface area contributed by atoms with E-state index < -0.39 is 0 Å². The first-order valence-corrected chi connectivity index (χ1v) is 3.43. The average molecular weight is 155 g/mol. The van der Waals surface area contributed by atoms with Gasteiger partial charge in [-0.3, -0.25) is 0 Å². The van der Waals surface area contributed by atoms with Gasteiger partial charge in [0.15, 0.2) is 0 Å². The lowest BCUT2D eigenvalue weighted by Crippen LogP contribution is -2.05. The molecule has 11 heavy (non-hydrogen) atoms. The fourth-order valence-electron chi connectivity index (χ4n) is 0.799. The molecule has 0 unspecified atom stereocenters. The van der Waals surface area contributed by atoms with Crippen LogP contribution in [-0.4, -0.2) is 18.3 Å². The van der Waals surface area contributed by atoms with Gasteiger partial charge in [-0.05, 0) is 18.2 Å². The van der Waals surface area contributed by atoms with Gasteiger partial charge in [0.05, 0.1) is 6.61 Å². The number of hydrogen-bond acceptors (Lipinski definition) is 2. The van der Waals surface area contributed by atoms with Crippen LogP contribution in [0, 0.1) is 5.82 Å². The van der Waals surface area contributed by atoms with Crippen LogP contribution < -0.4 is 5.32 Å². The summed E-state index contributed by atoms with van der Waals surface area (Å²) in [4.78, 5) is 0. The highest BCUT2D eigenvalue weighted by atomic mass is 19.1. The van der Waals surface area contributed by atoms with E-state index in [0.717, 1.165) is 0 Å². The van der Waals surface area contributed by atoms with Crippen LogP contribution in [0.15, 0.2) is 24.3 Å². The number of anilines is 1. The van der Waals surface area contributed by atoms with Gasteiger partial charge in [0.2, 0.25) is 0 Å². The molecule has 0 aliphatic rings. The second kappa shape index (κ2) is 3.93. The highest BCUT2D eigenvalue weighted by molar-refractivity contribution is 5.42. The first-order chi connectivity index (χ1) is 5.33. The van der Waals surface area contributed by atoms with E-state index in [2.05, 4.69) is 5.32 Å². The predicted octanol–water partition coefficient (Wildman–Crippen LogP) is 1.23. The van der Waals surface area contributed by atoms with Crippen molar-refractivity contribution in [2.45, 2.75) is 0 Å². The molecule has 60 valence electrons. The molecule has 3 heteroatoms. The number of nitrogens with one attached hydrogen (secondary N) is 1. The number of hydrogen-bond donors (Lipinski definition) is 2. The lowest BCUT2D eigenvalue weighted by atomic mass is 10.3. The maximum absolute atomic E-state index is 12.5. The van der Waals surface area contributed by atoms with Crippen LogP contribution >= 0.6 is 0 Å². The average Bonchev–Trinajstić information content (AvgIpc) is 2.01. The van der Waals surface area contributed by atoms with Crippen LogP contribution in [0.5, 0.6) is 0 Å². The third kappa shape index (κ3) is 2.55. The largest absolute Gasteiger partial charge is 0.395 e. The van der Waals surface area contributed by atoms with Crippen LogP contribution in [0.25, 0.3) is 0 Å². The zero-order valence-electron chi connectivity index (χ0n) is 6.05. The molecule has 2 N–H and O–H groups in total. The van der Waals surface area contributed by atoms with Crippen molar-refractivity contribution in [1.29, 1.82) is 0 Å². The van der Waals surface area contributed by atoms with E-state index in [9.17, 15) is 4.39 Å². The summed E-state index contributed by atoms with van der Waals surface area (Å²) >= 11 is 0. The second-order valence-electron chi connectivity index (χ2n) is 2.16. The van der Waals surface area contributed by atoms with Crippen molar-refractivity contribution >= 4 is 5.69 Å². The van der Waals surface area contributed by atoms with Crippen LogP contribution in [0.3, 0.4) is 0 Å². The van der Waals surface area contributed by atoms with Gasteiger partial charge < -0.3 is 10.4 Å². The zero-order chi connectivity index (χ0) is 8.10. The van der Waals surface area contributed by atoms with Gasteiger partial charge in [0, 0.05) is 12.2 Å². The van der Waals surface area contributed by atoms with E-state index in [4.69, 9.17) is 5.11 Å². The molecule has 1 rings (SSSR count). The van der Waals surface area contributed by atoms with Crippen molar-refractivity contribution in [3.63, 3.8) is 0 Å². The Morgan fingerprint density at radius 1 is 1.45 bits per heavy atom. The molecule has 0 spiro atoms. The molecular formula is C8H10FNO. The standard InChI is InChI=1S/C8H10FNO/c9-7-2-1-3-8(6-7)10-4-5-11/h1-3,6,10-11H,4-5H2. The SMILES string of the molecule is OCCNc1cccc(F)c1. The zero-order valence-corrected chi connectivity index (χ0v) is 6.05. The summed E-state index contributed by atoms with van der Waals surface area (Å²) in [6.45, 7) is 0.500. The summed E-state index contributed by atoms with van der Waals surface area (Å²) in [5.74, 6) is -0.270. The first kappa shape index (κ1) is 8.01. The van der Waals surface area contributed by atoms with Crippen molar-refractivity contribution in [2.75, 3.05) is 18.5 Å². The predicted molar refractivity (Wildman–Crippen MR) is 42.0 cm³/mol. The Kier molecular flexibility index (Phi) is 2.86. The number of benzene rings is 1. The molecule has 0 heterocycles. The number of aliphatic hydroxyl groups is 1. The van der Waals surface area contributed by atoms with Crippen LogP contribution in [0.4, 0.5) is 10.1 Å². The summed E-state index contributed by atoms with van der Waals surface area (Å²) in [6.07, 6.45) is 0. The van der Waals surface area contributed by atoms with Crippen molar-refractivity contribution in [2.24, 2.45) is 0 Å². The van der Waals surface area contributed by atoms with Gasteiger partial charge in [0.1, 0.15) is 5.82 Å². The summed E-state index contributed by atoms with van der Waals surface area (Å²) in [5.41, 5.74) is 0.694. The molecule has 2 nitrogen and oxygen atoms in total. The topological polar surface area (TPSA) is 32.3 Å². The quantitative estimate of drug-likeness (QED) is 0.688. The van der Waals surface area contributed by atoms with E-state index in [0.29, 0.717) is 12.2 Å². The van der Waals surface area contributed by atoms with Gasteiger partial charge >= 0.3 is 0 Å². The normalized spacial score (nSPS) is 9.64. The summed E-state index contributed by atoms with van der Waals surface area (Å²) in [6, 6.07) is 6.13. The van der Waals surface area contributed by atoms with E-state index in [-0.39, 0.29) is 12.4 Å². The summed E-state index contributed by atoms with van der Waals surface area (Å²) in [7, 11) is 0. The van der Waals surface area contributed by atoms with Crippen molar-refractivity contribution in [3.05, 3.63) is 30.1 Å². The minimum Gasteiger partial charge on any atom is -0.395 e. The molecule has 0 aromatic heterocycles. The number of rotatable bonds is 3. The highest BCUT2D eigenvalue weighted by Gasteiger charge is 1.91. The van der Waals surface area contributed by atoms with Gasteiger partial charge in [0.25, 0.3) is 0 Å². The lowest BCUT2D eigenvalue weighted by Gasteiger charge is -2.02. The summed E-state index contributed by atoms with van der Waals surface area (Å²) in [5, 5.41) is 11.3. The highest BCUT2D eigenvalue weighted by Crippen LogP contribution is 2.07. The molecule has 0 bridgehead atoms. The molecule has 0 saturated heterocycles. The molecule has 0 aliphatic carbocycles. The van der Waals surface area contributed by atoms with E-state index in [1.165, 1.54) is 12.1 Å². The van der Waals surface area contributed by atoms with Gasteiger partial charge in [-0.2, -0.15) is 0 Å². The molecule has 0 atom stereocenters. The molecule has 1 aromatic rings.